The van der Waals surface area contributed by atoms with E-state index in [2.05, 4.69) is 34.3 Å². The molecule has 102 valence electrons. The molecule has 1 N–H and O–H groups in total. The lowest BCUT2D eigenvalue weighted by atomic mass is 10.0. The van der Waals surface area contributed by atoms with Crippen molar-refractivity contribution in [3.05, 3.63) is 11.4 Å². The zero-order valence-electron chi connectivity index (χ0n) is 12.2. The fraction of sp³-hybridized carbons (Fsp3) is 0.786. The van der Waals surface area contributed by atoms with Crippen molar-refractivity contribution < 1.29 is 0 Å². The van der Waals surface area contributed by atoms with Crippen LogP contribution in [0.3, 0.4) is 0 Å². The maximum atomic E-state index is 4.35. The van der Waals surface area contributed by atoms with Crippen molar-refractivity contribution in [3.8, 4) is 0 Å². The summed E-state index contributed by atoms with van der Waals surface area (Å²) in [5, 5.41) is 11.3. The van der Waals surface area contributed by atoms with Gasteiger partial charge in [-0.15, -0.1) is 5.10 Å². The van der Waals surface area contributed by atoms with E-state index in [1.165, 1.54) is 32.1 Å². The Morgan fingerprint density at radius 2 is 1.67 bits per heavy atom. The van der Waals surface area contributed by atoms with Crippen LogP contribution < -0.4 is 5.32 Å². The van der Waals surface area contributed by atoms with Gasteiger partial charge in [0.15, 0.2) is 0 Å². The second kappa shape index (κ2) is 8.01. The second-order valence-corrected chi connectivity index (χ2v) is 5.33. The Balaban J connectivity index is 2.09. The fourth-order valence-electron chi connectivity index (χ4n) is 1.76. The number of aryl methyl sites for hydroxylation is 2. The van der Waals surface area contributed by atoms with Gasteiger partial charge < -0.3 is 5.32 Å². The largest absolute Gasteiger partial charge is 0.353 e. The van der Waals surface area contributed by atoms with Crippen molar-refractivity contribution in [2.75, 3.05) is 11.9 Å². The predicted octanol–water partition coefficient (Wildman–Crippen LogP) is 3.51. The summed E-state index contributed by atoms with van der Waals surface area (Å²) in [6.07, 6.45) is 6.47. The first-order valence-electron chi connectivity index (χ1n) is 7.01. The lowest BCUT2D eigenvalue weighted by Gasteiger charge is -2.06. The standard InChI is InChI=1S/C14H26N4/c1-11(2)9-7-5-6-8-10-15-14-16-12(3)13(4)17-18-14/h11H,5-10H2,1-4H3,(H,15,16,18). The molecular formula is C14H26N4. The lowest BCUT2D eigenvalue weighted by molar-refractivity contribution is 0.522. The third-order valence-electron chi connectivity index (χ3n) is 3.08. The van der Waals surface area contributed by atoms with Gasteiger partial charge in [-0.2, -0.15) is 5.10 Å². The Morgan fingerprint density at radius 1 is 0.944 bits per heavy atom. The highest BCUT2D eigenvalue weighted by Gasteiger charge is 2.00. The molecule has 0 aliphatic heterocycles. The number of hydrogen-bond donors (Lipinski definition) is 1. The topological polar surface area (TPSA) is 50.7 Å². The highest BCUT2D eigenvalue weighted by molar-refractivity contribution is 5.24. The minimum absolute atomic E-state index is 0.653. The van der Waals surface area contributed by atoms with Gasteiger partial charge in [0.05, 0.1) is 11.4 Å². The third-order valence-corrected chi connectivity index (χ3v) is 3.08. The molecule has 1 aromatic heterocycles. The first-order valence-corrected chi connectivity index (χ1v) is 7.01. The molecule has 0 saturated carbocycles. The fourth-order valence-corrected chi connectivity index (χ4v) is 1.76. The Morgan fingerprint density at radius 3 is 2.33 bits per heavy atom. The summed E-state index contributed by atoms with van der Waals surface area (Å²) in [6, 6.07) is 0. The Bertz CT molecular complexity index is 350. The van der Waals surface area contributed by atoms with Crippen LogP contribution in [-0.2, 0) is 0 Å². The lowest BCUT2D eigenvalue weighted by Crippen LogP contribution is -2.08. The number of anilines is 1. The molecule has 18 heavy (non-hydrogen) atoms. The minimum atomic E-state index is 0.653. The van der Waals surface area contributed by atoms with Crippen LogP contribution in [0.15, 0.2) is 0 Å². The average molecular weight is 250 g/mol. The molecule has 0 aliphatic rings. The molecule has 4 nitrogen and oxygen atoms in total. The second-order valence-electron chi connectivity index (χ2n) is 5.33. The van der Waals surface area contributed by atoms with E-state index in [4.69, 9.17) is 0 Å². The third kappa shape index (κ3) is 5.94. The van der Waals surface area contributed by atoms with Gasteiger partial charge >= 0.3 is 0 Å². The van der Waals surface area contributed by atoms with Gasteiger partial charge in [0, 0.05) is 6.54 Å². The molecule has 0 bridgehead atoms. The van der Waals surface area contributed by atoms with Gasteiger partial charge in [-0.3, -0.25) is 0 Å². The number of nitrogens with zero attached hydrogens (tertiary/aromatic N) is 3. The van der Waals surface area contributed by atoms with Crippen molar-refractivity contribution >= 4 is 5.95 Å². The normalized spacial score (nSPS) is 10.9. The van der Waals surface area contributed by atoms with E-state index in [9.17, 15) is 0 Å². The van der Waals surface area contributed by atoms with Crippen LogP contribution in [0.2, 0.25) is 0 Å². The van der Waals surface area contributed by atoms with Crippen molar-refractivity contribution in [2.24, 2.45) is 5.92 Å². The molecule has 0 fully saturated rings. The summed E-state index contributed by atoms with van der Waals surface area (Å²) < 4.78 is 0. The first kappa shape index (κ1) is 14.9. The maximum Gasteiger partial charge on any atom is 0.242 e. The molecule has 1 rings (SSSR count). The Labute approximate surface area is 111 Å². The number of aromatic nitrogens is 3. The van der Waals surface area contributed by atoms with E-state index in [0.29, 0.717) is 5.95 Å². The minimum Gasteiger partial charge on any atom is -0.353 e. The average Bonchev–Trinajstić information content (AvgIpc) is 2.32. The van der Waals surface area contributed by atoms with E-state index >= 15 is 0 Å². The van der Waals surface area contributed by atoms with Gasteiger partial charge in [-0.05, 0) is 26.2 Å². The predicted molar refractivity (Wildman–Crippen MR) is 75.7 cm³/mol. The van der Waals surface area contributed by atoms with E-state index < -0.39 is 0 Å². The molecule has 0 saturated heterocycles. The molecule has 0 aliphatic carbocycles. The monoisotopic (exact) mass is 250 g/mol. The summed E-state index contributed by atoms with van der Waals surface area (Å²) >= 11 is 0. The summed E-state index contributed by atoms with van der Waals surface area (Å²) in [5.41, 5.74) is 1.85. The molecular weight excluding hydrogens is 224 g/mol. The summed E-state index contributed by atoms with van der Waals surface area (Å²) in [6.45, 7) is 9.39. The van der Waals surface area contributed by atoms with E-state index in [0.717, 1.165) is 23.9 Å². The first-order chi connectivity index (χ1) is 8.59. The van der Waals surface area contributed by atoms with Crippen LogP contribution in [0.4, 0.5) is 5.95 Å². The van der Waals surface area contributed by atoms with E-state index in [-0.39, 0.29) is 0 Å². The molecule has 0 unspecified atom stereocenters. The maximum absolute atomic E-state index is 4.35. The highest BCUT2D eigenvalue weighted by Crippen LogP contribution is 2.09. The van der Waals surface area contributed by atoms with Crippen LogP contribution >= 0.6 is 0 Å². The summed E-state index contributed by atoms with van der Waals surface area (Å²) in [4.78, 5) is 4.35. The van der Waals surface area contributed by atoms with Crippen LogP contribution in [0.25, 0.3) is 0 Å². The van der Waals surface area contributed by atoms with Crippen molar-refractivity contribution in [1.29, 1.82) is 0 Å². The van der Waals surface area contributed by atoms with Crippen LogP contribution in [0.5, 0.6) is 0 Å². The van der Waals surface area contributed by atoms with Gasteiger partial charge in [0.1, 0.15) is 0 Å². The number of nitrogens with one attached hydrogen (secondary N) is 1. The SMILES string of the molecule is Cc1nnc(NCCCCCCC(C)C)nc1C. The number of hydrogen-bond acceptors (Lipinski definition) is 4. The molecule has 1 aromatic rings. The van der Waals surface area contributed by atoms with Crippen LogP contribution in [-0.4, -0.2) is 21.7 Å². The van der Waals surface area contributed by atoms with Crippen LogP contribution in [0.1, 0.15) is 57.3 Å². The molecule has 0 atom stereocenters. The number of rotatable bonds is 8. The molecule has 0 spiro atoms. The molecule has 1 heterocycles. The highest BCUT2D eigenvalue weighted by atomic mass is 15.2. The molecule has 0 radical (unpaired) electrons. The zero-order valence-corrected chi connectivity index (χ0v) is 12.2. The van der Waals surface area contributed by atoms with Crippen molar-refractivity contribution in [1.82, 2.24) is 15.2 Å². The van der Waals surface area contributed by atoms with E-state index in [1.54, 1.807) is 0 Å². The number of unbranched alkanes of at least 4 members (excludes halogenated alkanes) is 3. The molecule has 0 aromatic carbocycles. The molecule has 0 amide bonds. The quantitative estimate of drug-likeness (QED) is 0.717. The summed E-state index contributed by atoms with van der Waals surface area (Å²) in [7, 11) is 0. The Hall–Kier alpha value is -1.19. The van der Waals surface area contributed by atoms with Gasteiger partial charge in [0.25, 0.3) is 0 Å². The van der Waals surface area contributed by atoms with Gasteiger partial charge in [0.2, 0.25) is 5.95 Å². The van der Waals surface area contributed by atoms with Gasteiger partial charge in [-0.1, -0.05) is 39.5 Å². The molecule has 4 heteroatoms. The van der Waals surface area contributed by atoms with Crippen LogP contribution in [0, 0.1) is 19.8 Å². The van der Waals surface area contributed by atoms with Crippen molar-refractivity contribution in [3.63, 3.8) is 0 Å². The smallest absolute Gasteiger partial charge is 0.242 e. The van der Waals surface area contributed by atoms with E-state index in [1.807, 2.05) is 13.8 Å². The van der Waals surface area contributed by atoms with Crippen molar-refractivity contribution in [2.45, 2.75) is 59.8 Å². The summed E-state index contributed by atoms with van der Waals surface area (Å²) in [5.74, 6) is 1.48. The zero-order chi connectivity index (χ0) is 13.4. The van der Waals surface area contributed by atoms with Gasteiger partial charge in [-0.25, -0.2) is 4.98 Å². The Kier molecular flexibility index (Phi) is 6.61.